The molecule has 2 aromatic rings. The zero-order valence-electron chi connectivity index (χ0n) is 11.4. The second kappa shape index (κ2) is 6.57. The van der Waals surface area contributed by atoms with Crippen LogP contribution in [0.5, 0.6) is 5.75 Å². The van der Waals surface area contributed by atoms with Gasteiger partial charge < -0.3 is 10.1 Å². The molecule has 0 aliphatic heterocycles. The highest BCUT2D eigenvalue weighted by Crippen LogP contribution is 2.23. The van der Waals surface area contributed by atoms with Crippen molar-refractivity contribution in [3.8, 4) is 5.75 Å². The summed E-state index contributed by atoms with van der Waals surface area (Å²) in [6, 6.07) is 13.4. The normalized spacial score (nSPS) is 10.2. The van der Waals surface area contributed by atoms with E-state index >= 15 is 0 Å². The van der Waals surface area contributed by atoms with Gasteiger partial charge in [0.1, 0.15) is 5.75 Å². The maximum Gasteiger partial charge on any atom is 0.228 e. The lowest BCUT2D eigenvalue weighted by molar-refractivity contribution is -0.115. The molecule has 0 radical (unpaired) electrons. The first kappa shape index (κ1) is 14.6. The van der Waals surface area contributed by atoms with Gasteiger partial charge in [-0.25, -0.2) is 0 Å². The third-order valence-electron chi connectivity index (χ3n) is 2.89. The van der Waals surface area contributed by atoms with Crippen molar-refractivity contribution in [2.45, 2.75) is 13.3 Å². The van der Waals surface area contributed by atoms with E-state index in [-0.39, 0.29) is 5.91 Å². The van der Waals surface area contributed by atoms with E-state index in [9.17, 15) is 4.79 Å². The fourth-order valence-corrected chi connectivity index (χ4v) is 2.24. The number of benzene rings is 2. The Morgan fingerprint density at radius 1 is 1.25 bits per heavy atom. The van der Waals surface area contributed by atoms with Gasteiger partial charge in [0, 0.05) is 4.47 Å². The molecule has 0 aromatic heterocycles. The summed E-state index contributed by atoms with van der Waals surface area (Å²) in [7, 11) is 1.61. The quantitative estimate of drug-likeness (QED) is 0.919. The topological polar surface area (TPSA) is 38.3 Å². The van der Waals surface area contributed by atoms with E-state index < -0.39 is 0 Å². The van der Waals surface area contributed by atoms with Crippen LogP contribution in [0.4, 0.5) is 5.69 Å². The van der Waals surface area contributed by atoms with Gasteiger partial charge in [-0.2, -0.15) is 0 Å². The Morgan fingerprint density at radius 2 is 2.05 bits per heavy atom. The number of ether oxygens (including phenoxy) is 1. The first-order chi connectivity index (χ1) is 9.58. The van der Waals surface area contributed by atoms with Crippen molar-refractivity contribution in [1.29, 1.82) is 0 Å². The smallest absolute Gasteiger partial charge is 0.228 e. The molecule has 104 valence electrons. The lowest BCUT2D eigenvalue weighted by atomic mass is 10.1. The predicted octanol–water partition coefficient (Wildman–Crippen LogP) is 3.95. The van der Waals surface area contributed by atoms with Gasteiger partial charge in [-0.3, -0.25) is 4.79 Å². The third kappa shape index (κ3) is 3.84. The Hall–Kier alpha value is -1.81. The van der Waals surface area contributed by atoms with Crippen LogP contribution in [-0.2, 0) is 11.2 Å². The lowest BCUT2D eigenvalue weighted by Gasteiger charge is -2.09. The Bertz CT molecular complexity index is 626. The molecule has 0 bridgehead atoms. The number of methoxy groups -OCH3 is 1. The highest BCUT2D eigenvalue weighted by Gasteiger charge is 2.07. The van der Waals surface area contributed by atoms with Gasteiger partial charge in [0.15, 0.2) is 0 Å². The number of hydrogen-bond donors (Lipinski definition) is 1. The largest absolute Gasteiger partial charge is 0.497 e. The second-order valence-electron chi connectivity index (χ2n) is 4.56. The molecule has 0 saturated carbocycles. The number of anilines is 1. The molecular weight excluding hydrogens is 318 g/mol. The van der Waals surface area contributed by atoms with Gasteiger partial charge in [-0.1, -0.05) is 18.2 Å². The van der Waals surface area contributed by atoms with Crippen LogP contribution in [0.25, 0.3) is 0 Å². The van der Waals surface area contributed by atoms with E-state index in [1.54, 1.807) is 7.11 Å². The van der Waals surface area contributed by atoms with Crippen LogP contribution in [0.2, 0.25) is 0 Å². The molecule has 0 spiro atoms. The fraction of sp³-hybridized carbons (Fsp3) is 0.188. The molecule has 1 amide bonds. The molecule has 0 aliphatic carbocycles. The van der Waals surface area contributed by atoms with E-state index in [2.05, 4.69) is 21.2 Å². The molecule has 0 fully saturated rings. The second-order valence-corrected chi connectivity index (χ2v) is 5.41. The Labute approximate surface area is 127 Å². The summed E-state index contributed by atoms with van der Waals surface area (Å²) in [6.07, 6.45) is 0.317. The number of aryl methyl sites for hydroxylation is 1. The number of nitrogens with one attached hydrogen (secondary N) is 1. The molecule has 0 unspecified atom stereocenters. The third-order valence-corrected chi connectivity index (χ3v) is 3.59. The average Bonchev–Trinajstić information content (AvgIpc) is 2.43. The van der Waals surface area contributed by atoms with Gasteiger partial charge in [-0.05, 0) is 58.2 Å². The summed E-state index contributed by atoms with van der Waals surface area (Å²) in [6.45, 7) is 1.99. The Balaban J connectivity index is 2.07. The monoisotopic (exact) mass is 333 g/mol. The summed E-state index contributed by atoms with van der Waals surface area (Å²) in [5, 5.41) is 2.91. The van der Waals surface area contributed by atoms with Crippen molar-refractivity contribution in [1.82, 2.24) is 0 Å². The van der Waals surface area contributed by atoms with Gasteiger partial charge in [-0.15, -0.1) is 0 Å². The Morgan fingerprint density at radius 3 is 2.80 bits per heavy atom. The van der Waals surface area contributed by atoms with Crippen LogP contribution in [0, 0.1) is 6.92 Å². The van der Waals surface area contributed by atoms with E-state index in [0.29, 0.717) is 6.42 Å². The molecule has 1 N–H and O–H groups in total. The number of amides is 1. The van der Waals surface area contributed by atoms with Crippen molar-refractivity contribution in [3.63, 3.8) is 0 Å². The van der Waals surface area contributed by atoms with Crippen LogP contribution >= 0.6 is 15.9 Å². The van der Waals surface area contributed by atoms with Crippen molar-refractivity contribution in [2.24, 2.45) is 0 Å². The van der Waals surface area contributed by atoms with Crippen molar-refractivity contribution in [2.75, 3.05) is 12.4 Å². The van der Waals surface area contributed by atoms with E-state index in [4.69, 9.17) is 4.74 Å². The summed E-state index contributed by atoms with van der Waals surface area (Å²) in [5.41, 5.74) is 2.81. The summed E-state index contributed by atoms with van der Waals surface area (Å²) >= 11 is 3.43. The summed E-state index contributed by atoms with van der Waals surface area (Å²) in [4.78, 5) is 12.1. The highest BCUT2D eigenvalue weighted by atomic mass is 79.9. The van der Waals surface area contributed by atoms with E-state index in [1.165, 1.54) is 0 Å². The maximum absolute atomic E-state index is 12.1. The van der Waals surface area contributed by atoms with Gasteiger partial charge >= 0.3 is 0 Å². The molecular formula is C16H16BrNO2. The maximum atomic E-state index is 12.1. The highest BCUT2D eigenvalue weighted by molar-refractivity contribution is 9.10. The number of rotatable bonds is 4. The number of hydrogen-bond acceptors (Lipinski definition) is 2. The summed E-state index contributed by atoms with van der Waals surface area (Å²) < 4.78 is 6.03. The van der Waals surface area contributed by atoms with Crippen LogP contribution < -0.4 is 10.1 Å². The van der Waals surface area contributed by atoms with Crippen molar-refractivity contribution in [3.05, 3.63) is 58.1 Å². The Kier molecular flexibility index (Phi) is 4.79. The molecule has 0 atom stereocenters. The molecule has 0 aliphatic rings. The first-order valence-electron chi connectivity index (χ1n) is 6.27. The van der Waals surface area contributed by atoms with E-state index in [0.717, 1.165) is 27.0 Å². The predicted molar refractivity (Wildman–Crippen MR) is 84.2 cm³/mol. The molecule has 2 aromatic carbocycles. The number of carbonyl (C=O) groups is 1. The molecule has 0 saturated heterocycles. The van der Waals surface area contributed by atoms with Crippen LogP contribution in [0.15, 0.2) is 46.9 Å². The average molecular weight is 334 g/mol. The number of carbonyl (C=O) groups excluding carboxylic acids is 1. The minimum atomic E-state index is -0.0513. The van der Waals surface area contributed by atoms with Gasteiger partial charge in [0.25, 0.3) is 0 Å². The van der Waals surface area contributed by atoms with E-state index in [1.807, 2.05) is 49.4 Å². The SMILES string of the molecule is COc1cccc(CC(=O)Nc2cc(C)ccc2Br)c1. The van der Waals surface area contributed by atoms with Crippen LogP contribution in [0.3, 0.4) is 0 Å². The van der Waals surface area contributed by atoms with Crippen molar-refractivity contribution < 1.29 is 9.53 Å². The molecule has 0 heterocycles. The standard InChI is InChI=1S/C16H16BrNO2/c1-11-6-7-14(17)15(8-11)18-16(19)10-12-4-3-5-13(9-12)20-2/h3-9H,10H2,1-2H3,(H,18,19). The minimum Gasteiger partial charge on any atom is -0.497 e. The molecule has 2 rings (SSSR count). The molecule has 4 heteroatoms. The van der Waals surface area contributed by atoms with Crippen LogP contribution in [0.1, 0.15) is 11.1 Å². The zero-order chi connectivity index (χ0) is 14.5. The zero-order valence-corrected chi connectivity index (χ0v) is 13.0. The molecule has 3 nitrogen and oxygen atoms in total. The van der Waals surface area contributed by atoms with Crippen molar-refractivity contribution >= 4 is 27.5 Å². The van der Waals surface area contributed by atoms with Crippen LogP contribution in [-0.4, -0.2) is 13.0 Å². The minimum absolute atomic E-state index is 0.0513. The van der Waals surface area contributed by atoms with Gasteiger partial charge in [0.2, 0.25) is 5.91 Å². The van der Waals surface area contributed by atoms with Gasteiger partial charge in [0.05, 0.1) is 19.2 Å². The molecule has 20 heavy (non-hydrogen) atoms. The first-order valence-corrected chi connectivity index (χ1v) is 7.06. The lowest BCUT2D eigenvalue weighted by Crippen LogP contribution is -2.14. The summed E-state index contributed by atoms with van der Waals surface area (Å²) in [5.74, 6) is 0.705. The number of halogens is 1. The fourth-order valence-electron chi connectivity index (χ4n) is 1.90.